The van der Waals surface area contributed by atoms with Gasteiger partial charge in [0.25, 0.3) is 0 Å². The molecule has 11 heteroatoms. The van der Waals surface area contributed by atoms with Gasteiger partial charge in [0.2, 0.25) is 0 Å². The number of aliphatic hydroxyl groups excluding tert-OH is 2. The summed E-state index contributed by atoms with van der Waals surface area (Å²) in [5, 5.41) is 18.0. The first-order chi connectivity index (χ1) is 16.7. The number of carbonyl (C=O) groups excluding carboxylic acids is 2. The fourth-order valence-corrected chi connectivity index (χ4v) is 3.96. The molecule has 208 valence electrons. The maximum absolute atomic E-state index is 12.2. The molecule has 0 aromatic heterocycles. The number of aliphatic hydroxyl groups is 2. The van der Waals surface area contributed by atoms with Crippen molar-refractivity contribution in [1.29, 1.82) is 0 Å². The van der Waals surface area contributed by atoms with Crippen molar-refractivity contribution in [1.82, 2.24) is 0 Å². The third-order valence-electron chi connectivity index (χ3n) is 5.26. The third-order valence-corrected chi connectivity index (χ3v) is 6.21. The molecule has 0 heterocycles. The molecule has 0 radical (unpaired) electrons. The molecule has 0 aliphatic heterocycles. The molecule has 0 amide bonds. The lowest BCUT2D eigenvalue weighted by Gasteiger charge is -2.20. The van der Waals surface area contributed by atoms with Crippen molar-refractivity contribution in [2.45, 2.75) is 116 Å². The van der Waals surface area contributed by atoms with Gasteiger partial charge in [-0.25, -0.2) is 4.57 Å². The molecule has 0 bridgehead atoms. The van der Waals surface area contributed by atoms with E-state index in [1.165, 1.54) is 6.42 Å². The van der Waals surface area contributed by atoms with E-state index in [0.717, 1.165) is 57.8 Å². The normalized spacial score (nSPS) is 14.8. The van der Waals surface area contributed by atoms with Crippen LogP contribution in [0.5, 0.6) is 0 Å². The topological polar surface area (TPSA) is 149 Å². The number of ether oxygens (including phenoxy) is 2. The molecule has 35 heavy (non-hydrogen) atoms. The van der Waals surface area contributed by atoms with Gasteiger partial charge in [-0.05, 0) is 12.8 Å². The van der Waals surface area contributed by atoms with E-state index in [9.17, 15) is 24.2 Å². The molecule has 0 fully saturated rings. The second kappa shape index (κ2) is 22.2. The van der Waals surface area contributed by atoms with Crippen LogP contribution in [0.3, 0.4) is 0 Å². The van der Waals surface area contributed by atoms with Crippen LogP contribution in [0.2, 0.25) is 0 Å². The average Bonchev–Trinajstić information content (AvgIpc) is 2.83. The highest BCUT2D eigenvalue weighted by molar-refractivity contribution is 7.47. The van der Waals surface area contributed by atoms with Crippen molar-refractivity contribution in [2.75, 3.05) is 26.4 Å². The summed E-state index contributed by atoms with van der Waals surface area (Å²) in [7, 11) is -4.58. The van der Waals surface area contributed by atoms with Crippen LogP contribution in [0.4, 0.5) is 0 Å². The molecule has 0 aliphatic carbocycles. The molecule has 0 aromatic rings. The van der Waals surface area contributed by atoms with Crippen LogP contribution in [0.25, 0.3) is 0 Å². The van der Waals surface area contributed by atoms with E-state index >= 15 is 0 Å². The van der Waals surface area contributed by atoms with Crippen molar-refractivity contribution in [3.8, 4) is 0 Å². The van der Waals surface area contributed by atoms with Gasteiger partial charge in [-0.1, -0.05) is 78.1 Å². The van der Waals surface area contributed by atoms with Gasteiger partial charge < -0.3 is 24.6 Å². The predicted octanol–water partition coefficient (Wildman–Crippen LogP) is 4.43. The highest BCUT2D eigenvalue weighted by atomic mass is 31.2. The molecule has 0 spiro atoms. The van der Waals surface area contributed by atoms with Gasteiger partial charge in [0.1, 0.15) is 12.7 Å². The van der Waals surface area contributed by atoms with Gasteiger partial charge in [-0.15, -0.1) is 0 Å². The van der Waals surface area contributed by atoms with Crippen LogP contribution >= 0.6 is 7.82 Å². The Hall–Kier alpha value is -1.03. The van der Waals surface area contributed by atoms with Crippen molar-refractivity contribution >= 4 is 19.8 Å². The molecule has 0 aromatic carbocycles. The molecule has 2 unspecified atom stereocenters. The van der Waals surface area contributed by atoms with Gasteiger partial charge in [-0.3, -0.25) is 18.6 Å². The lowest BCUT2D eigenvalue weighted by molar-refractivity contribution is -0.161. The van der Waals surface area contributed by atoms with E-state index in [4.69, 9.17) is 19.1 Å². The number of hydrogen-bond donors (Lipinski definition) is 3. The van der Waals surface area contributed by atoms with Gasteiger partial charge in [0, 0.05) is 12.8 Å². The van der Waals surface area contributed by atoms with Gasteiger partial charge in [0.15, 0.2) is 6.10 Å². The first-order valence-corrected chi connectivity index (χ1v) is 14.5. The molecule has 3 atom stereocenters. The van der Waals surface area contributed by atoms with Gasteiger partial charge in [0.05, 0.1) is 19.8 Å². The van der Waals surface area contributed by atoms with E-state index in [1.807, 2.05) is 0 Å². The zero-order valence-electron chi connectivity index (χ0n) is 21.5. The average molecular weight is 527 g/mol. The second-order valence-electron chi connectivity index (χ2n) is 8.73. The van der Waals surface area contributed by atoms with Crippen LogP contribution in [0, 0.1) is 0 Å². The Balaban J connectivity index is 4.57. The summed E-state index contributed by atoms with van der Waals surface area (Å²) in [6.07, 6.45) is 10.2. The third kappa shape index (κ3) is 21.9. The molecule has 0 saturated heterocycles. The van der Waals surface area contributed by atoms with Crippen molar-refractivity contribution in [3.63, 3.8) is 0 Å². The summed E-state index contributed by atoms with van der Waals surface area (Å²) in [5.41, 5.74) is 0. The van der Waals surface area contributed by atoms with Crippen molar-refractivity contribution < 1.29 is 47.8 Å². The van der Waals surface area contributed by atoms with Gasteiger partial charge in [-0.2, -0.15) is 0 Å². The Morgan fingerprint density at radius 1 is 0.743 bits per heavy atom. The molecule has 0 rings (SSSR count). The van der Waals surface area contributed by atoms with Crippen LogP contribution in [0.1, 0.15) is 104 Å². The van der Waals surface area contributed by atoms with Crippen LogP contribution in [-0.2, 0) is 32.7 Å². The Morgan fingerprint density at radius 3 is 1.77 bits per heavy atom. The summed E-state index contributed by atoms with van der Waals surface area (Å²) in [5.74, 6) is -0.947. The molecular weight excluding hydrogens is 479 g/mol. The second-order valence-corrected chi connectivity index (χ2v) is 10.2. The Labute approximate surface area is 210 Å². The number of carbonyl (C=O) groups is 2. The maximum Gasteiger partial charge on any atom is 0.472 e. The zero-order chi connectivity index (χ0) is 26.4. The summed E-state index contributed by atoms with van der Waals surface area (Å²) in [4.78, 5) is 34.0. The number of rotatable bonds is 24. The quantitative estimate of drug-likeness (QED) is 0.0936. The number of esters is 2. The van der Waals surface area contributed by atoms with Crippen molar-refractivity contribution in [3.05, 3.63) is 0 Å². The summed E-state index contributed by atoms with van der Waals surface area (Å²) in [6.45, 7) is 2.17. The number of phosphoric ester groups is 1. The fraction of sp³-hybridized carbons (Fsp3) is 0.917. The minimum Gasteiger partial charge on any atom is -0.462 e. The van der Waals surface area contributed by atoms with E-state index < -0.39 is 51.8 Å². The first kappa shape index (κ1) is 34.0. The minimum atomic E-state index is -4.58. The molecule has 0 aliphatic rings. The summed E-state index contributed by atoms with van der Waals surface area (Å²) >= 11 is 0. The van der Waals surface area contributed by atoms with Crippen LogP contribution < -0.4 is 0 Å². The largest absolute Gasteiger partial charge is 0.472 e. The Kier molecular flexibility index (Phi) is 21.5. The Morgan fingerprint density at radius 2 is 1.23 bits per heavy atom. The molecule has 3 N–H and O–H groups in total. The summed E-state index contributed by atoms with van der Waals surface area (Å²) in [6, 6.07) is 0. The predicted molar refractivity (Wildman–Crippen MR) is 132 cm³/mol. The number of unbranched alkanes of at least 4 members (excludes halogenated alkanes) is 10. The lowest BCUT2D eigenvalue weighted by atomic mass is 10.1. The van der Waals surface area contributed by atoms with Crippen LogP contribution in [-0.4, -0.2) is 65.7 Å². The SMILES string of the molecule is CCCCCCCCC(=O)OC[C@H](COP(=O)(O)OCC(O)CO)OC(=O)CCCCCCCC. The van der Waals surface area contributed by atoms with Crippen LogP contribution in [0.15, 0.2) is 0 Å². The molecule has 10 nitrogen and oxygen atoms in total. The van der Waals surface area contributed by atoms with Crippen molar-refractivity contribution in [2.24, 2.45) is 0 Å². The number of phosphoric acid groups is 1. The van der Waals surface area contributed by atoms with E-state index in [2.05, 4.69) is 18.4 Å². The van der Waals surface area contributed by atoms with E-state index in [1.54, 1.807) is 0 Å². The first-order valence-electron chi connectivity index (χ1n) is 13.0. The Bertz CT molecular complexity index is 587. The molecular formula is C24H47O10P. The monoisotopic (exact) mass is 526 g/mol. The minimum absolute atomic E-state index is 0.185. The number of hydrogen-bond acceptors (Lipinski definition) is 9. The van der Waals surface area contributed by atoms with E-state index in [-0.39, 0.29) is 19.4 Å². The van der Waals surface area contributed by atoms with Gasteiger partial charge >= 0.3 is 19.8 Å². The highest BCUT2D eigenvalue weighted by Crippen LogP contribution is 2.43. The smallest absolute Gasteiger partial charge is 0.462 e. The standard InChI is InChI=1S/C24H47O10P/c1-3-5-7-9-11-13-15-23(27)31-19-22(20-33-35(29,30)32-18-21(26)17-25)34-24(28)16-14-12-10-8-6-4-2/h21-22,25-26H,3-20H2,1-2H3,(H,29,30)/t21?,22-/m1/s1. The summed E-state index contributed by atoms with van der Waals surface area (Å²) < 4.78 is 32.0. The van der Waals surface area contributed by atoms with E-state index in [0.29, 0.717) is 12.8 Å². The fourth-order valence-electron chi connectivity index (χ4n) is 3.17. The zero-order valence-corrected chi connectivity index (χ0v) is 22.4. The lowest BCUT2D eigenvalue weighted by Crippen LogP contribution is -2.29. The molecule has 0 saturated carbocycles. The highest BCUT2D eigenvalue weighted by Gasteiger charge is 2.27. The maximum atomic E-state index is 12.2.